The second-order valence-corrected chi connectivity index (χ2v) is 5.18. The monoisotopic (exact) mass is 339 g/mol. The summed E-state index contributed by atoms with van der Waals surface area (Å²) in [5, 5.41) is 6.67. The van der Waals surface area contributed by atoms with Crippen molar-refractivity contribution in [3.63, 3.8) is 0 Å². The Labute approximate surface area is 144 Å². The SMILES string of the molecule is COc1ccccc1-c1noc(COc2ccccc2NC(C)=O)n1. The maximum atomic E-state index is 11.2. The van der Waals surface area contributed by atoms with Crippen molar-refractivity contribution in [1.82, 2.24) is 10.1 Å². The quantitative estimate of drug-likeness (QED) is 0.741. The Bertz CT molecular complexity index is 876. The third kappa shape index (κ3) is 3.95. The Morgan fingerprint density at radius 1 is 1.12 bits per heavy atom. The highest BCUT2D eigenvalue weighted by molar-refractivity contribution is 5.90. The van der Waals surface area contributed by atoms with Crippen LogP contribution in [0.3, 0.4) is 0 Å². The minimum atomic E-state index is -0.174. The Kier molecular flexibility index (Phi) is 4.94. The van der Waals surface area contributed by atoms with Gasteiger partial charge in [-0.1, -0.05) is 29.4 Å². The summed E-state index contributed by atoms with van der Waals surface area (Å²) < 4.78 is 16.2. The van der Waals surface area contributed by atoms with E-state index >= 15 is 0 Å². The Morgan fingerprint density at radius 2 is 1.84 bits per heavy atom. The molecule has 0 saturated heterocycles. The molecule has 0 aliphatic carbocycles. The molecule has 7 nitrogen and oxygen atoms in total. The number of amides is 1. The molecule has 7 heteroatoms. The molecule has 1 heterocycles. The van der Waals surface area contributed by atoms with Gasteiger partial charge in [-0.25, -0.2) is 0 Å². The van der Waals surface area contributed by atoms with Crippen LogP contribution in [0.2, 0.25) is 0 Å². The van der Waals surface area contributed by atoms with Crippen molar-refractivity contribution in [3.05, 3.63) is 54.4 Å². The predicted molar refractivity (Wildman–Crippen MR) is 91.4 cm³/mol. The minimum Gasteiger partial charge on any atom is -0.496 e. The van der Waals surface area contributed by atoms with Gasteiger partial charge in [-0.05, 0) is 24.3 Å². The van der Waals surface area contributed by atoms with Gasteiger partial charge in [0.25, 0.3) is 5.89 Å². The molecule has 1 aromatic heterocycles. The molecule has 1 N–H and O–H groups in total. The minimum absolute atomic E-state index is 0.0821. The lowest BCUT2D eigenvalue weighted by Gasteiger charge is -2.09. The van der Waals surface area contributed by atoms with Gasteiger partial charge in [0, 0.05) is 6.92 Å². The number of rotatable bonds is 6. The van der Waals surface area contributed by atoms with Gasteiger partial charge >= 0.3 is 0 Å². The van der Waals surface area contributed by atoms with Crippen LogP contribution in [0, 0.1) is 0 Å². The number of methoxy groups -OCH3 is 1. The zero-order chi connectivity index (χ0) is 17.6. The molecule has 0 spiro atoms. The van der Waals surface area contributed by atoms with Crippen molar-refractivity contribution in [3.8, 4) is 22.9 Å². The van der Waals surface area contributed by atoms with Crippen LogP contribution in [0.4, 0.5) is 5.69 Å². The summed E-state index contributed by atoms with van der Waals surface area (Å²) in [7, 11) is 1.59. The number of benzene rings is 2. The summed E-state index contributed by atoms with van der Waals surface area (Å²) in [5.41, 5.74) is 1.32. The fourth-order valence-corrected chi connectivity index (χ4v) is 2.28. The Morgan fingerprint density at radius 3 is 2.60 bits per heavy atom. The first-order valence-electron chi connectivity index (χ1n) is 7.63. The molecule has 25 heavy (non-hydrogen) atoms. The second kappa shape index (κ2) is 7.48. The van der Waals surface area contributed by atoms with Crippen LogP contribution in [0.5, 0.6) is 11.5 Å². The van der Waals surface area contributed by atoms with Crippen LogP contribution >= 0.6 is 0 Å². The van der Waals surface area contributed by atoms with Crippen molar-refractivity contribution in [2.24, 2.45) is 0 Å². The number of ether oxygens (including phenoxy) is 2. The summed E-state index contributed by atoms with van der Waals surface area (Å²) in [5.74, 6) is 1.75. The molecule has 0 radical (unpaired) electrons. The summed E-state index contributed by atoms with van der Waals surface area (Å²) in [6, 6.07) is 14.5. The number of para-hydroxylation sites is 3. The van der Waals surface area contributed by atoms with E-state index in [1.165, 1.54) is 6.92 Å². The largest absolute Gasteiger partial charge is 0.496 e. The zero-order valence-electron chi connectivity index (χ0n) is 13.9. The van der Waals surface area contributed by atoms with Gasteiger partial charge in [0.2, 0.25) is 11.7 Å². The maximum absolute atomic E-state index is 11.2. The number of hydrogen-bond acceptors (Lipinski definition) is 6. The third-order valence-corrected chi connectivity index (χ3v) is 3.36. The van der Waals surface area contributed by atoms with Crippen molar-refractivity contribution in [2.45, 2.75) is 13.5 Å². The smallest absolute Gasteiger partial charge is 0.264 e. The van der Waals surface area contributed by atoms with Crippen LogP contribution in [-0.4, -0.2) is 23.2 Å². The molecule has 0 saturated carbocycles. The van der Waals surface area contributed by atoms with Crippen LogP contribution in [-0.2, 0) is 11.4 Å². The van der Waals surface area contributed by atoms with Gasteiger partial charge in [0.05, 0.1) is 18.4 Å². The summed E-state index contributed by atoms with van der Waals surface area (Å²) >= 11 is 0. The van der Waals surface area contributed by atoms with Crippen LogP contribution < -0.4 is 14.8 Å². The van der Waals surface area contributed by atoms with Crippen molar-refractivity contribution in [2.75, 3.05) is 12.4 Å². The van der Waals surface area contributed by atoms with E-state index in [2.05, 4.69) is 15.5 Å². The molecule has 0 unspecified atom stereocenters. The number of aromatic nitrogens is 2. The molecular formula is C18H17N3O4. The van der Waals surface area contributed by atoms with Gasteiger partial charge in [-0.15, -0.1) is 0 Å². The first-order chi connectivity index (χ1) is 12.2. The molecule has 128 valence electrons. The molecule has 2 aromatic carbocycles. The number of carbonyl (C=O) groups is 1. The van der Waals surface area contributed by atoms with Crippen LogP contribution in [0.15, 0.2) is 53.1 Å². The van der Waals surface area contributed by atoms with Gasteiger partial charge in [0.15, 0.2) is 6.61 Å². The summed E-state index contributed by atoms with van der Waals surface area (Å²) in [4.78, 5) is 15.6. The Hall–Kier alpha value is -3.35. The first-order valence-corrected chi connectivity index (χ1v) is 7.63. The van der Waals surface area contributed by atoms with Gasteiger partial charge in [-0.3, -0.25) is 4.79 Å². The number of nitrogens with zero attached hydrogens (tertiary/aromatic N) is 2. The van der Waals surface area contributed by atoms with E-state index in [1.807, 2.05) is 36.4 Å². The van der Waals surface area contributed by atoms with Crippen molar-refractivity contribution >= 4 is 11.6 Å². The van der Waals surface area contributed by atoms with E-state index in [0.29, 0.717) is 28.9 Å². The van der Waals surface area contributed by atoms with E-state index in [-0.39, 0.29) is 12.5 Å². The number of hydrogen-bond donors (Lipinski definition) is 1. The summed E-state index contributed by atoms with van der Waals surface area (Å²) in [6.07, 6.45) is 0. The lowest BCUT2D eigenvalue weighted by atomic mass is 10.2. The van der Waals surface area contributed by atoms with Crippen molar-refractivity contribution < 1.29 is 18.8 Å². The average Bonchev–Trinajstić information content (AvgIpc) is 3.09. The lowest BCUT2D eigenvalue weighted by molar-refractivity contribution is -0.114. The van der Waals surface area contributed by atoms with E-state index in [1.54, 1.807) is 19.2 Å². The molecule has 3 aromatic rings. The second-order valence-electron chi connectivity index (χ2n) is 5.18. The van der Waals surface area contributed by atoms with E-state index < -0.39 is 0 Å². The lowest BCUT2D eigenvalue weighted by Crippen LogP contribution is -2.07. The molecule has 1 amide bonds. The highest BCUT2D eigenvalue weighted by atomic mass is 16.5. The molecule has 0 atom stereocenters. The molecule has 0 bridgehead atoms. The molecule has 0 aliphatic heterocycles. The average molecular weight is 339 g/mol. The highest BCUT2D eigenvalue weighted by Crippen LogP contribution is 2.28. The van der Waals surface area contributed by atoms with E-state index in [4.69, 9.17) is 14.0 Å². The normalized spacial score (nSPS) is 10.3. The number of nitrogens with one attached hydrogen (secondary N) is 1. The number of carbonyl (C=O) groups excluding carboxylic acids is 1. The molecule has 0 fully saturated rings. The van der Waals surface area contributed by atoms with Gasteiger partial charge in [0.1, 0.15) is 11.5 Å². The summed E-state index contributed by atoms with van der Waals surface area (Å²) in [6.45, 7) is 1.52. The fourth-order valence-electron chi connectivity index (χ4n) is 2.28. The Balaban J connectivity index is 1.74. The first kappa shape index (κ1) is 16.5. The van der Waals surface area contributed by atoms with E-state index in [9.17, 15) is 4.79 Å². The maximum Gasteiger partial charge on any atom is 0.264 e. The topological polar surface area (TPSA) is 86.5 Å². The molecular weight excluding hydrogens is 322 g/mol. The van der Waals surface area contributed by atoms with Crippen molar-refractivity contribution in [1.29, 1.82) is 0 Å². The van der Waals surface area contributed by atoms with Gasteiger partial charge in [-0.2, -0.15) is 4.98 Å². The molecule has 3 rings (SSSR count). The molecule has 0 aliphatic rings. The third-order valence-electron chi connectivity index (χ3n) is 3.36. The predicted octanol–water partition coefficient (Wildman–Crippen LogP) is 3.28. The van der Waals surface area contributed by atoms with Crippen LogP contribution in [0.1, 0.15) is 12.8 Å². The fraction of sp³-hybridized carbons (Fsp3) is 0.167. The van der Waals surface area contributed by atoms with Crippen LogP contribution in [0.25, 0.3) is 11.4 Å². The van der Waals surface area contributed by atoms with E-state index in [0.717, 1.165) is 5.56 Å². The van der Waals surface area contributed by atoms with Gasteiger partial charge < -0.3 is 19.3 Å². The zero-order valence-corrected chi connectivity index (χ0v) is 13.9. The standard InChI is InChI=1S/C18H17N3O4/c1-12(22)19-14-8-4-6-10-16(14)24-11-17-20-18(21-25-17)13-7-3-5-9-15(13)23-2/h3-10H,11H2,1-2H3,(H,19,22). The highest BCUT2D eigenvalue weighted by Gasteiger charge is 2.14. The number of anilines is 1.